The summed E-state index contributed by atoms with van der Waals surface area (Å²) in [6.07, 6.45) is 10.9. The lowest BCUT2D eigenvalue weighted by Gasteiger charge is -2.38. The third-order valence-electron chi connectivity index (χ3n) is 7.85. The Kier molecular flexibility index (Phi) is 5.55. The first-order valence-corrected chi connectivity index (χ1v) is 10.6. The van der Waals surface area contributed by atoms with Gasteiger partial charge in [-0.25, -0.2) is 0 Å². The molecule has 3 nitrogen and oxygen atoms in total. The Balaban J connectivity index is 1.90. The highest BCUT2D eigenvalue weighted by atomic mass is 16.3. The van der Waals surface area contributed by atoms with Gasteiger partial charge in [0, 0.05) is 12.3 Å². The topological polar surface area (TPSA) is 54.4 Å². The van der Waals surface area contributed by atoms with Gasteiger partial charge in [0.15, 0.2) is 0 Å². The third-order valence-corrected chi connectivity index (χ3v) is 7.85. The molecular formula is C24H36O3. The number of hydrogen-bond acceptors (Lipinski definition) is 3. The van der Waals surface area contributed by atoms with Crippen LogP contribution in [-0.2, 0) is 9.59 Å². The first-order valence-electron chi connectivity index (χ1n) is 10.6. The van der Waals surface area contributed by atoms with Crippen molar-refractivity contribution in [2.45, 2.75) is 78.7 Å². The van der Waals surface area contributed by atoms with Crippen molar-refractivity contribution in [3.05, 3.63) is 23.3 Å². The first-order chi connectivity index (χ1) is 12.6. The standard InChI is InChI=1S/C24H36O3/c1-15(2)7-6-8-16(3)18-9-10-23(4)12-20-22(17(14-25)11-19(18)23)21(26)13-24(20,5)27/h7,11,14,16,18-20,22,27H,6,8-10,12-13H2,1-5H3/t16-,18+,19-,20-,22+,23+,24+/m0/s1. The van der Waals surface area contributed by atoms with Crippen LogP contribution in [0, 0.1) is 35.0 Å². The van der Waals surface area contributed by atoms with E-state index in [4.69, 9.17) is 0 Å². The number of Topliss-reactive ketones (excluding diaryl/α,β-unsaturated/α-hetero) is 1. The summed E-state index contributed by atoms with van der Waals surface area (Å²) < 4.78 is 0. The number of hydrogen-bond donors (Lipinski definition) is 1. The molecule has 3 aliphatic rings. The van der Waals surface area contributed by atoms with Crippen LogP contribution in [0.1, 0.15) is 73.1 Å². The van der Waals surface area contributed by atoms with Gasteiger partial charge in [0.1, 0.15) is 12.1 Å². The van der Waals surface area contributed by atoms with Crippen molar-refractivity contribution >= 4 is 12.1 Å². The second-order valence-corrected chi connectivity index (χ2v) is 10.3. The van der Waals surface area contributed by atoms with Crippen LogP contribution in [0.25, 0.3) is 0 Å². The van der Waals surface area contributed by atoms with Crippen LogP contribution in [0.15, 0.2) is 23.3 Å². The van der Waals surface area contributed by atoms with E-state index in [2.05, 4.69) is 39.8 Å². The van der Waals surface area contributed by atoms with Crippen molar-refractivity contribution in [1.29, 1.82) is 0 Å². The SMILES string of the molecule is CC(C)=CCC[C@H](C)[C@H]1CC[C@]2(C)C[C@H]3[C@H](C(=O)C[C@@]3(C)O)C(C=O)=C[C@@H]12. The van der Waals surface area contributed by atoms with Gasteiger partial charge in [-0.2, -0.15) is 0 Å². The molecule has 150 valence electrons. The molecule has 2 saturated carbocycles. The zero-order chi connectivity index (χ0) is 20.0. The van der Waals surface area contributed by atoms with Gasteiger partial charge < -0.3 is 5.11 Å². The maximum atomic E-state index is 12.6. The number of fused-ring (bicyclic) bond motifs is 2. The van der Waals surface area contributed by atoms with Crippen LogP contribution in [0.2, 0.25) is 0 Å². The fourth-order valence-corrected chi connectivity index (χ4v) is 6.27. The van der Waals surface area contributed by atoms with Gasteiger partial charge in [0.05, 0.1) is 11.5 Å². The number of allylic oxidation sites excluding steroid dienone is 4. The third kappa shape index (κ3) is 3.72. The molecule has 3 heteroatoms. The summed E-state index contributed by atoms with van der Waals surface area (Å²) in [4.78, 5) is 24.5. The summed E-state index contributed by atoms with van der Waals surface area (Å²) in [6.45, 7) is 10.7. The Bertz CT molecular complexity index is 667. The van der Waals surface area contributed by atoms with E-state index < -0.39 is 11.5 Å². The predicted octanol–water partition coefficient (Wildman–Crippen LogP) is 4.89. The van der Waals surface area contributed by atoms with Crippen LogP contribution < -0.4 is 0 Å². The van der Waals surface area contributed by atoms with Crippen LogP contribution >= 0.6 is 0 Å². The van der Waals surface area contributed by atoms with E-state index in [9.17, 15) is 14.7 Å². The molecule has 0 aliphatic heterocycles. The van der Waals surface area contributed by atoms with Gasteiger partial charge in [-0.05, 0) is 81.6 Å². The molecule has 3 aliphatic carbocycles. The zero-order valence-corrected chi connectivity index (χ0v) is 17.6. The summed E-state index contributed by atoms with van der Waals surface area (Å²) in [6, 6.07) is 0. The maximum absolute atomic E-state index is 12.6. The van der Waals surface area contributed by atoms with Crippen LogP contribution in [0.4, 0.5) is 0 Å². The fraction of sp³-hybridized carbons (Fsp3) is 0.750. The highest BCUT2D eigenvalue weighted by Gasteiger charge is 2.57. The van der Waals surface area contributed by atoms with Gasteiger partial charge in [0.25, 0.3) is 0 Å². The van der Waals surface area contributed by atoms with Gasteiger partial charge in [0.2, 0.25) is 0 Å². The highest BCUT2D eigenvalue weighted by molar-refractivity contribution is 5.94. The summed E-state index contributed by atoms with van der Waals surface area (Å²) in [5, 5.41) is 10.9. The minimum absolute atomic E-state index is 0.0417. The molecule has 0 heterocycles. The number of rotatable bonds is 5. The van der Waals surface area contributed by atoms with Crippen LogP contribution in [-0.4, -0.2) is 22.8 Å². The summed E-state index contributed by atoms with van der Waals surface area (Å²) in [7, 11) is 0. The summed E-state index contributed by atoms with van der Waals surface area (Å²) in [5.74, 6) is 0.978. The molecule has 0 aromatic rings. The van der Waals surface area contributed by atoms with Crippen molar-refractivity contribution in [1.82, 2.24) is 0 Å². The molecule has 0 saturated heterocycles. The van der Waals surface area contributed by atoms with E-state index in [0.717, 1.165) is 32.0 Å². The summed E-state index contributed by atoms with van der Waals surface area (Å²) >= 11 is 0. The van der Waals surface area contributed by atoms with Crippen LogP contribution in [0.3, 0.4) is 0 Å². The quantitative estimate of drug-likeness (QED) is 0.552. The monoisotopic (exact) mass is 372 g/mol. The Morgan fingerprint density at radius 1 is 1.37 bits per heavy atom. The van der Waals surface area contributed by atoms with E-state index in [1.807, 2.05) is 0 Å². The van der Waals surface area contributed by atoms with Gasteiger partial charge in [-0.3, -0.25) is 9.59 Å². The first kappa shape index (κ1) is 20.5. The Morgan fingerprint density at radius 3 is 2.70 bits per heavy atom. The number of carbonyl (C=O) groups excluding carboxylic acids is 2. The maximum Gasteiger partial charge on any atom is 0.146 e. The van der Waals surface area contributed by atoms with Crippen molar-refractivity contribution in [3.63, 3.8) is 0 Å². The largest absolute Gasteiger partial charge is 0.389 e. The molecule has 1 N–H and O–H groups in total. The molecule has 0 aromatic carbocycles. The molecule has 2 fully saturated rings. The van der Waals surface area contributed by atoms with Crippen molar-refractivity contribution < 1.29 is 14.7 Å². The number of carbonyl (C=O) groups is 2. The van der Waals surface area contributed by atoms with Gasteiger partial charge in [-0.15, -0.1) is 0 Å². The van der Waals surface area contributed by atoms with Crippen LogP contribution in [0.5, 0.6) is 0 Å². The zero-order valence-electron chi connectivity index (χ0n) is 17.6. The smallest absolute Gasteiger partial charge is 0.146 e. The Labute approximate surface area is 164 Å². The van der Waals surface area contributed by atoms with E-state index in [0.29, 0.717) is 23.3 Å². The molecule has 27 heavy (non-hydrogen) atoms. The Hall–Kier alpha value is -1.22. The lowest BCUT2D eigenvalue weighted by Crippen LogP contribution is -2.36. The number of aldehydes is 1. The van der Waals surface area contributed by atoms with E-state index >= 15 is 0 Å². The molecule has 0 radical (unpaired) electrons. The Morgan fingerprint density at radius 2 is 2.07 bits per heavy atom. The lowest BCUT2D eigenvalue weighted by molar-refractivity contribution is -0.121. The number of ketones is 1. The molecule has 7 atom stereocenters. The molecular weight excluding hydrogens is 336 g/mol. The van der Waals surface area contributed by atoms with E-state index in [1.165, 1.54) is 12.0 Å². The van der Waals surface area contributed by atoms with E-state index in [-0.39, 0.29) is 23.5 Å². The normalized spacial score (nSPS) is 42.0. The van der Waals surface area contributed by atoms with Crippen molar-refractivity contribution in [2.75, 3.05) is 0 Å². The molecule has 0 amide bonds. The summed E-state index contributed by atoms with van der Waals surface area (Å²) in [5.41, 5.74) is 1.08. The fourth-order valence-electron chi connectivity index (χ4n) is 6.27. The second kappa shape index (κ2) is 7.31. The highest BCUT2D eigenvalue weighted by Crippen LogP contribution is 2.60. The molecule has 0 bridgehead atoms. The predicted molar refractivity (Wildman–Crippen MR) is 108 cm³/mol. The molecule has 0 unspecified atom stereocenters. The molecule has 0 aromatic heterocycles. The average Bonchev–Trinajstić information content (AvgIpc) is 2.93. The molecule has 3 rings (SSSR count). The second-order valence-electron chi connectivity index (χ2n) is 10.3. The minimum atomic E-state index is -0.991. The average molecular weight is 373 g/mol. The van der Waals surface area contributed by atoms with Gasteiger partial charge >= 0.3 is 0 Å². The lowest BCUT2D eigenvalue weighted by atomic mass is 9.68. The van der Waals surface area contributed by atoms with Crippen molar-refractivity contribution in [3.8, 4) is 0 Å². The number of aliphatic hydroxyl groups is 1. The minimum Gasteiger partial charge on any atom is -0.389 e. The van der Waals surface area contributed by atoms with Crippen molar-refractivity contribution in [2.24, 2.45) is 35.0 Å². The molecule has 0 spiro atoms. The van der Waals surface area contributed by atoms with E-state index in [1.54, 1.807) is 6.92 Å². The van der Waals surface area contributed by atoms with Gasteiger partial charge in [-0.1, -0.05) is 31.6 Å².